The van der Waals surface area contributed by atoms with Gasteiger partial charge in [0.2, 0.25) is 0 Å². The second kappa shape index (κ2) is 10.4. The van der Waals surface area contributed by atoms with Gasteiger partial charge in [0.1, 0.15) is 0 Å². The van der Waals surface area contributed by atoms with E-state index in [0.717, 1.165) is 38.5 Å². The molecule has 3 heteroatoms. The van der Waals surface area contributed by atoms with Gasteiger partial charge in [-0.05, 0) is 38.3 Å². The SMILES string of the molecule is CCCCCC1CC=C(C(=O)O)C(CCCCC)N1c1ccc(C)cc1. The van der Waals surface area contributed by atoms with Gasteiger partial charge in [-0.3, -0.25) is 0 Å². The monoisotopic (exact) mass is 357 g/mol. The Morgan fingerprint density at radius 1 is 1.04 bits per heavy atom. The van der Waals surface area contributed by atoms with E-state index in [-0.39, 0.29) is 6.04 Å². The first-order chi connectivity index (χ1) is 12.6. The largest absolute Gasteiger partial charge is 0.478 e. The molecular formula is C23H35NO2. The zero-order valence-electron chi connectivity index (χ0n) is 16.7. The Morgan fingerprint density at radius 3 is 2.23 bits per heavy atom. The first-order valence-corrected chi connectivity index (χ1v) is 10.4. The third-order valence-corrected chi connectivity index (χ3v) is 5.50. The van der Waals surface area contributed by atoms with Gasteiger partial charge in [-0.25, -0.2) is 4.79 Å². The summed E-state index contributed by atoms with van der Waals surface area (Å²) in [6.45, 7) is 6.52. The van der Waals surface area contributed by atoms with Crippen LogP contribution in [0.3, 0.4) is 0 Å². The highest BCUT2D eigenvalue weighted by atomic mass is 16.4. The zero-order chi connectivity index (χ0) is 18.9. The third-order valence-electron chi connectivity index (χ3n) is 5.50. The van der Waals surface area contributed by atoms with Crippen LogP contribution in [0.4, 0.5) is 5.69 Å². The molecule has 144 valence electrons. The molecule has 26 heavy (non-hydrogen) atoms. The van der Waals surface area contributed by atoms with Gasteiger partial charge >= 0.3 is 5.97 Å². The van der Waals surface area contributed by atoms with E-state index in [9.17, 15) is 9.90 Å². The van der Waals surface area contributed by atoms with Crippen molar-refractivity contribution in [1.29, 1.82) is 0 Å². The van der Waals surface area contributed by atoms with Gasteiger partial charge in [0.15, 0.2) is 0 Å². The van der Waals surface area contributed by atoms with Crippen molar-refractivity contribution in [2.24, 2.45) is 0 Å². The van der Waals surface area contributed by atoms with Crippen LogP contribution in [0, 0.1) is 6.92 Å². The van der Waals surface area contributed by atoms with Gasteiger partial charge in [-0.1, -0.05) is 76.1 Å². The fraction of sp³-hybridized carbons (Fsp3) is 0.609. The molecule has 1 aliphatic rings. The topological polar surface area (TPSA) is 40.5 Å². The van der Waals surface area contributed by atoms with Crippen LogP contribution in [0.2, 0.25) is 0 Å². The number of benzene rings is 1. The van der Waals surface area contributed by atoms with Crippen LogP contribution >= 0.6 is 0 Å². The van der Waals surface area contributed by atoms with Crippen LogP contribution in [0.1, 0.15) is 77.2 Å². The molecule has 0 aliphatic carbocycles. The summed E-state index contributed by atoms with van der Waals surface area (Å²) in [5, 5.41) is 9.78. The first kappa shape index (κ1) is 20.5. The van der Waals surface area contributed by atoms with Crippen LogP contribution in [0.25, 0.3) is 0 Å². The number of carboxylic acids is 1. The molecule has 2 unspecified atom stereocenters. The van der Waals surface area contributed by atoms with E-state index in [1.165, 1.54) is 30.5 Å². The quantitative estimate of drug-likeness (QED) is 0.513. The van der Waals surface area contributed by atoms with Gasteiger partial charge in [-0.15, -0.1) is 0 Å². The van der Waals surface area contributed by atoms with Crippen molar-refractivity contribution >= 4 is 11.7 Å². The van der Waals surface area contributed by atoms with E-state index in [1.54, 1.807) is 0 Å². The molecule has 0 spiro atoms. The second-order valence-corrected chi connectivity index (χ2v) is 7.60. The summed E-state index contributed by atoms with van der Waals surface area (Å²) in [6, 6.07) is 9.00. The Balaban J connectivity index is 2.32. The molecule has 1 aromatic carbocycles. The molecule has 1 aromatic rings. The number of unbranched alkanes of at least 4 members (excludes halogenated alkanes) is 4. The minimum Gasteiger partial charge on any atom is -0.478 e. The summed E-state index contributed by atoms with van der Waals surface area (Å²) in [6.07, 6.45) is 12.0. The predicted molar refractivity (Wildman–Crippen MR) is 110 cm³/mol. The Morgan fingerprint density at radius 2 is 1.65 bits per heavy atom. The molecule has 3 nitrogen and oxygen atoms in total. The molecule has 1 aliphatic heterocycles. The second-order valence-electron chi connectivity index (χ2n) is 7.60. The van der Waals surface area contributed by atoms with Crippen molar-refractivity contribution in [3.63, 3.8) is 0 Å². The fourth-order valence-electron chi connectivity index (χ4n) is 4.02. The molecule has 0 aromatic heterocycles. The lowest BCUT2D eigenvalue weighted by atomic mass is 9.88. The summed E-state index contributed by atoms with van der Waals surface area (Å²) in [7, 11) is 0. The predicted octanol–water partition coefficient (Wildman–Crippen LogP) is 6.11. The lowest BCUT2D eigenvalue weighted by Crippen LogP contribution is -2.48. The van der Waals surface area contributed by atoms with E-state index in [2.05, 4.69) is 49.9 Å². The molecule has 0 radical (unpaired) electrons. The average molecular weight is 358 g/mol. The summed E-state index contributed by atoms with van der Waals surface area (Å²) in [5.41, 5.74) is 3.00. The maximum absolute atomic E-state index is 11.9. The van der Waals surface area contributed by atoms with Crippen molar-refractivity contribution in [2.45, 2.75) is 90.6 Å². The van der Waals surface area contributed by atoms with Crippen LogP contribution < -0.4 is 4.90 Å². The minimum absolute atomic E-state index is 0.0119. The molecule has 0 saturated carbocycles. The van der Waals surface area contributed by atoms with Crippen molar-refractivity contribution in [2.75, 3.05) is 4.90 Å². The van der Waals surface area contributed by atoms with Gasteiger partial charge < -0.3 is 10.0 Å². The zero-order valence-corrected chi connectivity index (χ0v) is 16.7. The fourth-order valence-corrected chi connectivity index (χ4v) is 4.02. The molecule has 2 atom stereocenters. The lowest BCUT2D eigenvalue weighted by molar-refractivity contribution is -0.133. The number of anilines is 1. The van der Waals surface area contributed by atoms with E-state index >= 15 is 0 Å². The number of carbonyl (C=O) groups is 1. The number of nitrogens with zero attached hydrogens (tertiary/aromatic N) is 1. The summed E-state index contributed by atoms with van der Waals surface area (Å²) >= 11 is 0. The Hall–Kier alpha value is -1.77. The van der Waals surface area contributed by atoms with Crippen LogP contribution in [-0.2, 0) is 4.79 Å². The number of rotatable bonds is 10. The standard InChI is InChI=1S/C23H35NO2/c1-4-6-8-10-19-16-17-21(23(25)26)22(11-9-7-5-2)24(19)20-14-12-18(3)13-15-20/h12-15,17,19,22H,4-11,16H2,1-3H3,(H,25,26). The van der Waals surface area contributed by atoms with Crippen LogP contribution in [0.5, 0.6) is 0 Å². The lowest BCUT2D eigenvalue weighted by Gasteiger charge is -2.43. The Kier molecular flexibility index (Phi) is 8.21. The number of hydrogen-bond donors (Lipinski definition) is 1. The van der Waals surface area contributed by atoms with Crippen molar-refractivity contribution in [1.82, 2.24) is 0 Å². The molecule has 1 heterocycles. The first-order valence-electron chi connectivity index (χ1n) is 10.4. The van der Waals surface area contributed by atoms with Crippen LogP contribution in [0.15, 0.2) is 35.9 Å². The molecule has 2 rings (SSSR count). The molecule has 1 N–H and O–H groups in total. The highest BCUT2D eigenvalue weighted by molar-refractivity contribution is 5.89. The number of aryl methyl sites for hydroxylation is 1. The highest BCUT2D eigenvalue weighted by Gasteiger charge is 2.34. The highest BCUT2D eigenvalue weighted by Crippen LogP contribution is 2.34. The van der Waals surface area contributed by atoms with Gasteiger partial charge in [0.25, 0.3) is 0 Å². The molecular weight excluding hydrogens is 322 g/mol. The molecule has 0 saturated heterocycles. The smallest absolute Gasteiger partial charge is 0.333 e. The number of carboxylic acid groups (broad SMARTS) is 1. The van der Waals surface area contributed by atoms with E-state index < -0.39 is 5.97 Å². The number of hydrogen-bond acceptors (Lipinski definition) is 2. The van der Waals surface area contributed by atoms with Crippen LogP contribution in [-0.4, -0.2) is 23.2 Å². The maximum atomic E-state index is 11.9. The number of aliphatic carboxylic acids is 1. The van der Waals surface area contributed by atoms with Gasteiger partial charge in [-0.2, -0.15) is 0 Å². The van der Waals surface area contributed by atoms with E-state index in [4.69, 9.17) is 0 Å². The molecule has 0 amide bonds. The van der Waals surface area contributed by atoms with Crippen molar-refractivity contribution in [3.05, 3.63) is 41.5 Å². The van der Waals surface area contributed by atoms with E-state index in [1.807, 2.05) is 6.08 Å². The Labute approximate surface area is 159 Å². The summed E-state index contributed by atoms with van der Waals surface area (Å²) in [5.74, 6) is -0.754. The maximum Gasteiger partial charge on any atom is 0.333 e. The normalized spacial score (nSPS) is 20.1. The van der Waals surface area contributed by atoms with Gasteiger partial charge in [0.05, 0.1) is 11.6 Å². The minimum atomic E-state index is -0.754. The average Bonchev–Trinajstić information content (AvgIpc) is 2.63. The van der Waals surface area contributed by atoms with Crippen molar-refractivity contribution in [3.8, 4) is 0 Å². The third kappa shape index (κ3) is 5.36. The summed E-state index contributed by atoms with van der Waals surface area (Å²) < 4.78 is 0. The Bertz CT molecular complexity index is 591. The molecule has 0 fully saturated rings. The molecule has 0 bridgehead atoms. The summed E-state index contributed by atoms with van der Waals surface area (Å²) in [4.78, 5) is 14.3. The van der Waals surface area contributed by atoms with Crippen molar-refractivity contribution < 1.29 is 9.90 Å². The van der Waals surface area contributed by atoms with E-state index in [0.29, 0.717) is 11.6 Å². The van der Waals surface area contributed by atoms with Gasteiger partial charge in [0, 0.05) is 11.7 Å².